The molecule has 0 radical (unpaired) electrons. The molecule has 1 fully saturated rings. The van der Waals surface area contributed by atoms with Gasteiger partial charge in [0, 0.05) is 16.3 Å². The zero-order valence-corrected chi connectivity index (χ0v) is 14.0. The van der Waals surface area contributed by atoms with E-state index in [1.807, 2.05) is 6.26 Å². The van der Waals surface area contributed by atoms with Crippen molar-refractivity contribution in [3.8, 4) is 0 Å². The molecule has 1 aliphatic carbocycles. The van der Waals surface area contributed by atoms with Gasteiger partial charge >= 0.3 is 0 Å². The second-order valence-corrected chi connectivity index (χ2v) is 8.29. The Labute approximate surface area is 133 Å². The fraction of sp³-hybridized carbons (Fsp3) is 0.538. The lowest BCUT2D eigenvalue weighted by atomic mass is 9.96. The maximum atomic E-state index is 14.0. The number of hydrogen-bond donors (Lipinski definition) is 2. The highest BCUT2D eigenvalue weighted by molar-refractivity contribution is 7.99. The molecule has 1 aliphatic rings. The molecule has 2 atom stereocenters. The maximum absolute atomic E-state index is 14.0. The van der Waals surface area contributed by atoms with Gasteiger partial charge in [0.1, 0.15) is 4.90 Å². The average molecular weight is 353 g/mol. The van der Waals surface area contributed by atoms with Crippen molar-refractivity contribution < 1.29 is 12.8 Å². The number of nitrogen functional groups attached to an aromatic ring is 1. The average Bonchev–Trinajstić information content (AvgIpc) is 2.43. The molecule has 1 aromatic carbocycles. The molecule has 8 heteroatoms. The Bertz CT molecular complexity index is 625. The molecule has 4 nitrogen and oxygen atoms in total. The predicted octanol–water partition coefficient (Wildman–Crippen LogP) is 3.01. The quantitative estimate of drug-likeness (QED) is 0.817. The lowest BCUT2D eigenvalue weighted by molar-refractivity contribution is 0.422. The third-order valence-corrected chi connectivity index (χ3v) is 6.51. The van der Waals surface area contributed by atoms with Crippen molar-refractivity contribution in [1.82, 2.24) is 4.72 Å². The van der Waals surface area contributed by atoms with Gasteiger partial charge in [-0.3, -0.25) is 0 Å². The Hall–Kier alpha value is -0.500. The molecule has 0 amide bonds. The summed E-state index contributed by atoms with van der Waals surface area (Å²) in [4.78, 5) is -0.488. The molecule has 0 saturated heterocycles. The van der Waals surface area contributed by atoms with Gasteiger partial charge in [-0.2, -0.15) is 11.8 Å². The summed E-state index contributed by atoms with van der Waals surface area (Å²) in [6.45, 7) is 0. The van der Waals surface area contributed by atoms with Crippen LogP contribution in [0.1, 0.15) is 25.7 Å². The van der Waals surface area contributed by atoms with Gasteiger partial charge in [-0.1, -0.05) is 24.4 Å². The molecule has 1 aromatic rings. The Morgan fingerprint density at radius 3 is 2.71 bits per heavy atom. The molecule has 21 heavy (non-hydrogen) atoms. The van der Waals surface area contributed by atoms with Gasteiger partial charge in [0.2, 0.25) is 10.0 Å². The van der Waals surface area contributed by atoms with E-state index < -0.39 is 20.7 Å². The lowest BCUT2D eigenvalue weighted by Crippen LogP contribution is -2.43. The Morgan fingerprint density at radius 2 is 2.05 bits per heavy atom. The SMILES string of the molecule is CSC1CCCCC1NS(=O)(=O)c1cc(Cl)cc(N)c1F. The van der Waals surface area contributed by atoms with Crippen molar-refractivity contribution in [2.75, 3.05) is 12.0 Å². The van der Waals surface area contributed by atoms with E-state index >= 15 is 0 Å². The number of rotatable bonds is 4. The van der Waals surface area contributed by atoms with E-state index in [9.17, 15) is 12.8 Å². The van der Waals surface area contributed by atoms with Crippen LogP contribution in [0.25, 0.3) is 0 Å². The first-order valence-electron chi connectivity index (χ1n) is 6.65. The van der Waals surface area contributed by atoms with Crippen molar-refractivity contribution in [3.63, 3.8) is 0 Å². The number of sulfonamides is 1. The number of nitrogens with two attached hydrogens (primary N) is 1. The summed E-state index contributed by atoms with van der Waals surface area (Å²) < 4.78 is 41.4. The van der Waals surface area contributed by atoms with Crippen molar-refractivity contribution >= 4 is 39.1 Å². The smallest absolute Gasteiger partial charge is 0.243 e. The number of anilines is 1. The van der Waals surface area contributed by atoms with E-state index in [1.165, 1.54) is 6.07 Å². The number of thioether (sulfide) groups is 1. The molecule has 0 aromatic heterocycles. The summed E-state index contributed by atoms with van der Waals surface area (Å²) in [5, 5.41) is 0.299. The van der Waals surface area contributed by atoms with Crippen LogP contribution in [0.5, 0.6) is 0 Å². The third-order valence-electron chi connectivity index (χ3n) is 3.63. The summed E-state index contributed by atoms with van der Waals surface area (Å²) in [6, 6.07) is 2.09. The highest BCUT2D eigenvalue weighted by Gasteiger charge is 2.31. The maximum Gasteiger partial charge on any atom is 0.243 e. The van der Waals surface area contributed by atoms with Crippen LogP contribution in [0.3, 0.4) is 0 Å². The fourth-order valence-corrected chi connectivity index (χ4v) is 5.31. The van der Waals surface area contributed by atoms with E-state index in [1.54, 1.807) is 11.8 Å². The summed E-state index contributed by atoms with van der Waals surface area (Å²) >= 11 is 7.41. The molecule has 0 heterocycles. The number of nitrogens with one attached hydrogen (secondary N) is 1. The molecular weight excluding hydrogens is 335 g/mol. The van der Waals surface area contributed by atoms with Crippen molar-refractivity contribution in [3.05, 3.63) is 23.0 Å². The van der Waals surface area contributed by atoms with Crippen molar-refractivity contribution in [2.24, 2.45) is 0 Å². The molecule has 1 saturated carbocycles. The van der Waals surface area contributed by atoms with Crippen LogP contribution < -0.4 is 10.5 Å². The van der Waals surface area contributed by atoms with Gasteiger partial charge in [-0.25, -0.2) is 17.5 Å². The standard InChI is InChI=1S/C13H18ClFN2O2S2/c1-20-11-5-3-2-4-10(11)17-21(18,19)12-7-8(14)6-9(16)13(12)15/h6-7,10-11,17H,2-5,16H2,1H3. The number of halogens is 2. The van der Waals surface area contributed by atoms with Gasteiger partial charge in [-0.05, 0) is 31.2 Å². The first-order chi connectivity index (χ1) is 9.85. The zero-order valence-electron chi connectivity index (χ0n) is 11.6. The highest BCUT2D eigenvalue weighted by atomic mass is 35.5. The van der Waals surface area contributed by atoms with Crippen molar-refractivity contribution in [1.29, 1.82) is 0 Å². The van der Waals surface area contributed by atoms with E-state index in [2.05, 4.69) is 4.72 Å². The Balaban J connectivity index is 2.30. The van der Waals surface area contributed by atoms with Gasteiger partial charge in [0.15, 0.2) is 5.82 Å². The number of benzene rings is 1. The first kappa shape index (κ1) is 16.9. The Morgan fingerprint density at radius 1 is 1.38 bits per heavy atom. The van der Waals surface area contributed by atoms with Crippen LogP contribution in [0.15, 0.2) is 17.0 Å². The highest BCUT2D eigenvalue weighted by Crippen LogP contribution is 2.30. The lowest BCUT2D eigenvalue weighted by Gasteiger charge is -2.30. The normalized spacial score (nSPS) is 23.2. The fourth-order valence-electron chi connectivity index (χ4n) is 2.56. The minimum Gasteiger partial charge on any atom is -0.396 e. The van der Waals surface area contributed by atoms with Gasteiger partial charge in [0.05, 0.1) is 5.69 Å². The molecule has 3 N–H and O–H groups in total. The monoisotopic (exact) mass is 352 g/mol. The summed E-state index contributed by atoms with van der Waals surface area (Å²) in [7, 11) is -3.98. The first-order valence-corrected chi connectivity index (χ1v) is 9.79. The van der Waals surface area contributed by atoms with Crippen molar-refractivity contribution in [2.45, 2.75) is 41.9 Å². The van der Waals surface area contributed by atoms with Crippen LogP contribution in [-0.2, 0) is 10.0 Å². The topological polar surface area (TPSA) is 72.2 Å². The second kappa shape index (κ2) is 6.73. The number of hydrogen-bond acceptors (Lipinski definition) is 4. The van der Waals surface area contributed by atoms with Crippen LogP contribution in [0.4, 0.5) is 10.1 Å². The molecule has 2 rings (SSSR count). The largest absolute Gasteiger partial charge is 0.396 e. The minimum absolute atomic E-state index is 0.0966. The Kier molecular flexibility index (Phi) is 5.40. The summed E-state index contributed by atoms with van der Waals surface area (Å²) in [5.41, 5.74) is 5.18. The van der Waals surface area contributed by atoms with Gasteiger partial charge in [0.25, 0.3) is 0 Å². The van der Waals surface area contributed by atoms with Crippen LogP contribution in [-0.4, -0.2) is 26.0 Å². The molecule has 2 unspecified atom stereocenters. The van der Waals surface area contributed by atoms with Crippen LogP contribution in [0.2, 0.25) is 5.02 Å². The third kappa shape index (κ3) is 3.83. The summed E-state index contributed by atoms with van der Waals surface area (Å²) in [5.74, 6) is -0.955. The second-order valence-electron chi connectivity index (χ2n) is 5.09. The molecule has 0 aliphatic heterocycles. The zero-order chi connectivity index (χ0) is 15.6. The van der Waals surface area contributed by atoms with E-state index in [4.69, 9.17) is 17.3 Å². The van der Waals surface area contributed by atoms with Crippen LogP contribution in [0, 0.1) is 5.82 Å². The van der Waals surface area contributed by atoms with Gasteiger partial charge < -0.3 is 5.73 Å². The van der Waals surface area contributed by atoms with Gasteiger partial charge in [-0.15, -0.1) is 0 Å². The van der Waals surface area contributed by atoms with E-state index in [0.717, 1.165) is 31.7 Å². The molecule has 0 bridgehead atoms. The van der Waals surface area contributed by atoms with Crippen LogP contribution >= 0.6 is 23.4 Å². The molecular formula is C13H18ClFN2O2S2. The summed E-state index contributed by atoms with van der Waals surface area (Å²) in [6.07, 6.45) is 5.71. The van der Waals surface area contributed by atoms with E-state index in [-0.39, 0.29) is 22.0 Å². The minimum atomic E-state index is -3.98. The predicted molar refractivity (Wildman–Crippen MR) is 85.7 cm³/mol. The van der Waals surface area contributed by atoms with E-state index in [0.29, 0.717) is 0 Å². The molecule has 0 spiro atoms. The molecule has 118 valence electrons.